The quantitative estimate of drug-likeness (QED) is 0.734. The fourth-order valence-electron chi connectivity index (χ4n) is 3.14. The third kappa shape index (κ3) is 4.18. The molecule has 5 nitrogen and oxygen atoms in total. The van der Waals surface area contributed by atoms with E-state index in [4.69, 9.17) is 14.2 Å². The Kier molecular flexibility index (Phi) is 5.92. The zero-order valence-electron chi connectivity index (χ0n) is 13.7. The third-order valence-corrected chi connectivity index (χ3v) is 4.97. The fraction of sp³-hybridized carbons (Fsp3) is 0.500. The molecular formula is C18H22BrNO4. The average Bonchev–Trinajstić information content (AvgIpc) is 3.14. The molecule has 1 aromatic carbocycles. The average molecular weight is 396 g/mol. The van der Waals surface area contributed by atoms with Gasteiger partial charge in [-0.15, -0.1) is 0 Å². The lowest BCUT2D eigenvalue weighted by atomic mass is 9.96. The van der Waals surface area contributed by atoms with Gasteiger partial charge in [0.25, 0.3) is 0 Å². The maximum Gasteiger partial charge on any atom is 0.246 e. The molecule has 1 amide bonds. The summed E-state index contributed by atoms with van der Waals surface area (Å²) in [5.74, 6) is 1.17. The summed E-state index contributed by atoms with van der Waals surface area (Å²) in [7, 11) is 1.63. The molecule has 130 valence electrons. The first kappa shape index (κ1) is 17.5. The lowest BCUT2D eigenvalue weighted by Crippen LogP contribution is -2.40. The fourth-order valence-corrected chi connectivity index (χ4v) is 3.52. The van der Waals surface area contributed by atoms with Gasteiger partial charge in [-0.25, -0.2) is 0 Å². The number of benzene rings is 1. The van der Waals surface area contributed by atoms with Crippen LogP contribution in [0, 0.1) is 5.92 Å². The predicted octanol–water partition coefficient (Wildman–Crippen LogP) is 3.08. The molecule has 2 fully saturated rings. The highest BCUT2D eigenvalue weighted by Crippen LogP contribution is 2.27. The van der Waals surface area contributed by atoms with E-state index >= 15 is 0 Å². The van der Waals surface area contributed by atoms with Crippen molar-refractivity contribution in [3.63, 3.8) is 0 Å². The second-order valence-electron chi connectivity index (χ2n) is 5.99. The summed E-state index contributed by atoms with van der Waals surface area (Å²) in [5.41, 5.74) is 0.878. The lowest BCUT2D eigenvalue weighted by molar-refractivity contribution is -0.131. The number of methoxy groups -OCH3 is 1. The molecule has 2 aliphatic heterocycles. The number of rotatable bonds is 4. The van der Waals surface area contributed by atoms with E-state index in [2.05, 4.69) is 15.9 Å². The van der Waals surface area contributed by atoms with Gasteiger partial charge in [-0.3, -0.25) is 4.79 Å². The maximum absolute atomic E-state index is 12.4. The summed E-state index contributed by atoms with van der Waals surface area (Å²) in [5, 5.41) is 0. The summed E-state index contributed by atoms with van der Waals surface area (Å²) < 4.78 is 17.4. The number of hydrogen-bond acceptors (Lipinski definition) is 4. The minimum Gasteiger partial charge on any atom is -0.496 e. The summed E-state index contributed by atoms with van der Waals surface area (Å²) in [6.45, 7) is 2.85. The first-order valence-electron chi connectivity index (χ1n) is 8.21. The van der Waals surface area contributed by atoms with Gasteiger partial charge in [0.15, 0.2) is 6.29 Å². The van der Waals surface area contributed by atoms with Crippen molar-refractivity contribution < 1.29 is 19.0 Å². The van der Waals surface area contributed by atoms with Crippen LogP contribution >= 0.6 is 15.9 Å². The number of carbonyl (C=O) groups is 1. The van der Waals surface area contributed by atoms with Crippen molar-refractivity contribution in [2.75, 3.05) is 33.4 Å². The van der Waals surface area contributed by atoms with Gasteiger partial charge in [-0.05, 0) is 37.1 Å². The van der Waals surface area contributed by atoms with Crippen molar-refractivity contribution in [1.82, 2.24) is 4.90 Å². The summed E-state index contributed by atoms with van der Waals surface area (Å²) >= 11 is 3.44. The molecule has 1 aromatic rings. The standard InChI is InChI=1S/C18H22BrNO4/c1-22-16-4-3-15(19)12-14(16)2-5-17(21)20-8-6-13(7-9-20)18-23-10-11-24-18/h2-5,12-13,18H,6-11H2,1H3/b5-2+. The van der Waals surface area contributed by atoms with Gasteiger partial charge >= 0.3 is 0 Å². The Morgan fingerprint density at radius 1 is 1.29 bits per heavy atom. The van der Waals surface area contributed by atoms with Crippen LogP contribution in [0.4, 0.5) is 0 Å². The Hall–Kier alpha value is -1.37. The van der Waals surface area contributed by atoms with E-state index in [-0.39, 0.29) is 12.2 Å². The van der Waals surface area contributed by atoms with Gasteiger partial charge in [0.2, 0.25) is 5.91 Å². The lowest BCUT2D eigenvalue weighted by Gasteiger charge is -2.33. The molecule has 2 heterocycles. The molecule has 0 spiro atoms. The van der Waals surface area contributed by atoms with Crippen LogP contribution in [0.5, 0.6) is 5.75 Å². The molecule has 2 aliphatic rings. The molecule has 6 heteroatoms. The molecule has 3 rings (SSSR count). The first-order chi connectivity index (χ1) is 11.7. The van der Waals surface area contributed by atoms with Gasteiger partial charge in [0.05, 0.1) is 20.3 Å². The molecule has 0 aromatic heterocycles. The van der Waals surface area contributed by atoms with Crippen LogP contribution < -0.4 is 4.74 Å². The first-order valence-corrected chi connectivity index (χ1v) is 9.00. The Morgan fingerprint density at radius 3 is 2.67 bits per heavy atom. The van der Waals surface area contributed by atoms with E-state index in [0.29, 0.717) is 19.1 Å². The Labute approximate surface area is 150 Å². The SMILES string of the molecule is COc1ccc(Br)cc1/C=C/C(=O)N1CCC(C2OCCO2)CC1. The number of ether oxygens (including phenoxy) is 3. The molecule has 0 bridgehead atoms. The summed E-state index contributed by atoms with van der Waals surface area (Å²) in [6, 6.07) is 5.72. The minimum atomic E-state index is -0.0799. The van der Waals surface area contributed by atoms with E-state index < -0.39 is 0 Å². The molecule has 0 saturated carbocycles. The van der Waals surface area contributed by atoms with Crippen LogP contribution in [0.1, 0.15) is 18.4 Å². The molecular weight excluding hydrogens is 374 g/mol. The number of piperidine rings is 1. The van der Waals surface area contributed by atoms with Gasteiger partial charge < -0.3 is 19.1 Å². The second-order valence-corrected chi connectivity index (χ2v) is 6.91. The monoisotopic (exact) mass is 395 g/mol. The van der Waals surface area contributed by atoms with Crippen LogP contribution in [0.25, 0.3) is 6.08 Å². The zero-order chi connectivity index (χ0) is 16.9. The van der Waals surface area contributed by atoms with Gasteiger partial charge in [0.1, 0.15) is 5.75 Å². The van der Waals surface area contributed by atoms with Crippen molar-refractivity contribution >= 4 is 27.9 Å². The van der Waals surface area contributed by atoms with E-state index in [1.165, 1.54) is 0 Å². The smallest absolute Gasteiger partial charge is 0.246 e. The van der Waals surface area contributed by atoms with Crippen molar-refractivity contribution in [3.05, 3.63) is 34.3 Å². The highest BCUT2D eigenvalue weighted by atomic mass is 79.9. The van der Waals surface area contributed by atoms with Crippen LogP contribution in [0.15, 0.2) is 28.7 Å². The van der Waals surface area contributed by atoms with Crippen LogP contribution in [0.3, 0.4) is 0 Å². The third-order valence-electron chi connectivity index (χ3n) is 4.48. The number of hydrogen-bond donors (Lipinski definition) is 0. The second kappa shape index (κ2) is 8.14. The van der Waals surface area contributed by atoms with Gasteiger partial charge in [0, 0.05) is 35.1 Å². The Balaban J connectivity index is 1.57. The molecule has 0 unspecified atom stereocenters. The van der Waals surface area contributed by atoms with Crippen LogP contribution in [-0.2, 0) is 14.3 Å². The molecule has 0 N–H and O–H groups in total. The number of likely N-dealkylation sites (tertiary alicyclic amines) is 1. The van der Waals surface area contributed by atoms with Crippen molar-refractivity contribution in [2.45, 2.75) is 19.1 Å². The molecule has 0 atom stereocenters. The zero-order valence-corrected chi connectivity index (χ0v) is 15.3. The Morgan fingerprint density at radius 2 is 2.00 bits per heavy atom. The van der Waals surface area contributed by atoms with Gasteiger partial charge in [-0.2, -0.15) is 0 Å². The highest BCUT2D eigenvalue weighted by molar-refractivity contribution is 9.10. The van der Waals surface area contributed by atoms with E-state index in [9.17, 15) is 4.79 Å². The minimum absolute atomic E-state index is 0.0312. The topological polar surface area (TPSA) is 48.0 Å². The Bertz CT molecular complexity index is 605. The maximum atomic E-state index is 12.4. The van der Waals surface area contributed by atoms with E-state index in [1.54, 1.807) is 19.3 Å². The molecule has 0 aliphatic carbocycles. The number of nitrogens with zero attached hydrogens (tertiary/aromatic N) is 1. The molecule has 2 saturated heterocycles. The van der Waals surface area contributed by atoms with E-state index in [1.807, 2.05) is 23.1 Å². The number of halogens is 1. The predicted molar refractivity (Wildman–Crippen MR) is 94.7 cm³/mol. The van der Waals surface area contributed by atoms with Crippen molar-refractivity contribution in [1.29, 1.82) is 0 Å². The summed E-state index contributed by atoms with van der Waals surface area (Å²) in [6.07, 6.45) is 5.19. The number of amides is 1. The van der Waals surface area contributed by atoms with Gasteiger partial charge in [-0.1, -0.05) is 15.9 Å². The summed E-state index contributed by atoms with van der Waals surface area (Å²) in [4.78, 5) is 14.3. The van der Waals surface area contributed by atoms with E-state index in [0.717, 1.165) is 41.7 Å². The normalized spacial score (nSPS) is 20.0. The highest BCUT2D eigenvalue weighted by Gasteiger charge is 2.31. The van der Waals surface area contributed by atoms with Crippen molar-refractivity contribution in [3.8, 4) is 5.75 Å². The molecule has 0 radical (unpaired) electrons. The largest absolute Gasteiger partial charge is 0.496 e. The number of carbonyl (C=O) groups excluding carboxylic acids is 1. The molecule has 24 heavy (non-hydrogen) atoms. The van der Waals surface area contributed by atoms with Crippen LogP contribution in [-0.4, -0.2) is 50.5 Å². The van der Waals surface area contributed by atoms with Crippen molar-refractivity contribution in [2.24, 2.45) is 5.92 Å². The van der Waals surface area contributed by atoms with Crippen LogP contribution in [0.2, 0.25) is 0 Å².